The lowest BCUT2D eigenvalue weighted by Gasteiger charge is -2.40. The third kappa shape index (κ3) is 2.76. The highest BCUT2D eigenvalue weighted by atomic mass is 19.4. The van der Waals surface area contributed by atoms with Gasteiger partial charge < -0.3 is 14.4 Å². The highest BCUT2D eigenvalue weighted by molar-refractivity contribution is 5.76. The first-order chi connectivity index (χ1) is 10.4. The summed E-state index contributed by atoms with van der Waals surface area (Å²) in [5.74, 6) is -2.19. The largest absolute Gasteiger partial charge is 0.490 e. The zero-order chi connectivity index (χ0) is 15.9. The number of alkyl halides is 3. The van der Waals surface area contributed by atoms with E-state index in [-0.39, 0.29) is 6.10 Å². The number of methoxy groups -OCH3 is 1. The number of halogens is 3. The summed E-state index contributed by atoms with van der Waals surface area (Å²) < 4.78 is 46.4. The standard InChI is InChI=1S/C14H15F3N2O3/c1-21-10-6-19(7-10)9-2-3-11-8(4-9)5-18-12(11)22-13(20)14(15,16)17/h2-4,10,12,18H,5-7H2,1H3. The average molecular weight is 316 g/mol. The Bertz CT molecular complexity index is 585. The number of nitrogens with zero attached hydrogens (tertiary/aromatic N) is 1. The lowest BCUT2D eigenvalue weighted by Crippen LogP contribution is -2.51. The van der Waals surface area contributed by atoms with Gasteiger partial charge in [0, 0.05) is 38.0 Å². The van der Waals surface area contributed by atoms with Crippen LogP contribution in [0, 0.1) is 0 Å². The van der Waals surface area contributed by atoms with Crippen LogP contribution in [-0.4, -0.2) is 38.4 Å². The number of fused-ring (bicyclic) bond motifs is 1. The van der Waals surface area contributed by atoms with E-state index in [0.717, 1.165) is 24.3 Å². The van der Waals surface area contributed by atoms with Crippen LogP contribution >= 0.6 is 0 Å². The maximum absolute atomic E-state index is 12.3. The topological polar surface area (TPSA) is 50.8 Å². The van der Waals surface area contributed by atoms with Gasteiger partial charge in [0.25, 0.3) is 0 Å². The summed E-state index contributed by atoms with van der Waals surface area (Å²) in [6.45, 7) is 1.94. The average Bonchev–Trinajstić information content (AvgIpc) is 2.79. The zero-order valence-corrected chi connectivity index (χ0v) is 11.8. The Labute approximate surface area is 125 Å². The van der Waals surface area contributed by atoms with E-state index in [1.807, 2.05) is 12.1 Å². The van der Waals surface area contributed by atoms with Gasteiger partial charge in [-0.05, 0) is 17.7 Å². The van der Waals surface area contributed by atoms with E-state index in [0.29, 0.717) is 12.1 Å². The summed E-state index contributed by atoms with van der Waals surface area (Å²) in [6, 6.07) is 5.40. The van der Waals surface area contributed by atoms with Crippen LogP contribution in [0.3, 0.4) is 0 Å². The van der Waals surface area contributed by atoms with Gasteiger partial charge in [-0.3, -0.25) is 5.32 Å². The van der Waals surface area contributed by atoms with Crippen molar-refractivity contribution in [1.82, 2.24) is 5.32 Å². The number of esters is 1. The number of benzene rings is 1. The van der Waals surface area contributed by atoms with Crippen LogP contribution in [-0.2, 0) is 20.8 Å². The molecule has 8 heteroatoms. The Morgan fingerprint density at radius 3 is 2.73 bits per heavy atom. The maximum atomic E-state index is 12.3. The molecule has 0 aromatic heterocycles. The van der Waals surface area contributed by atoms with E-state index in [1.165, 1.54) is 0 Å². The Morgan fingerprint density at radius 1 is 1.36 bits per heavy atom. The minimum atomic E-state index is -4.99. The highest BCUT2D eigenvalue weighted by Gasteiger charge is 2.43. The molecule has 0 bridgehead atoms. The number of ether oxygens (including phenoxy) is 2. The highest BCUT2D eigenvalue weighted by Crippen LogP contribution is 2.33. The predicted octanol–water partition coefficient (Wildman–Crippen LogP) is 1.73. The Balaban J connectivity index is 1.69. The molecule has 0 aliphatic carbocycles. The van der Waals surface area contributed by atoms with Crippen molar-refractivity contribution in [2.45, 2.75) is 25.1 Å². The van der Waals surface area contributed by atoms with E-state index >= 15 is 0 Å². The molecule has 1 N–H and O–H groups in total. The van der Waals surface area contributed by atoms with Crippen molar-refractivity contribution in [2.24, 2.45) is 0 Å². The molecular formula is C14H15F3N2O3. The normalized spacial score (nSPS) is 21.5. The third-order valence-corrected chi connectivity index (χ3v) is 3.89. The molecule has 1 aromatic rings. The summed E-state index contributed by atoms with van der Waals surface area (Å²) >= 11 is 0. The molecular weight excluding hydrogens is 301 g/mol. The van der Waals surface area contributed by atoms with E-state index in [4.69, 9.17) is 4.74 Å². The van der Waals surface area contributed by atoms with Gasteiger partial charge in [0.15, 0.2) is 6.23 Å². The Morgan fingerprint density at radius 2 is 2.09 bits per heavy atom. The second kappa shape index (κ2) is 5.44. The second-order valence-corrected chi connectivity index (χ2v) is 5.31. The summed E-state index contributed by atoms with van der Waals surface area (Å²) in [7, 11) is 1.66. The molecule has 0 spiro atoms. The minimum absolute atomic E-state index is 0.215. The molecule has 1 fully saturated rings. The van der Waals surface area contributed by atoms with Gasteiger partial charge in [-0.25, -0.2) is 4.79 Å². The first-order valence-corrected chi connectivity index (χ1v) is 6.80. The molecule has 0 saturated carbocycles. The Kier molecular flexibility index (Phi) is 3.73. The number of carbonyl (C=O) groups excluding carboxylic acids is 1. The number of rotatable bonds is 3. The predicted molar refractivity (Wildman–Crippen MR) is 71.2 cm³/mol. The first kappa shape index (κ1) is 15.1. The van der Waals surface area contributed by atoms with Crippen molar-refractivity contribution in [1.29, 1.82) is 0 Å². The van der Waals surface area contributed by atoms with E-state index in [1.54, 1.807) is 13.2 Å². The second-order valence-electron chi connectivity index (χ2n) is 5.31. The van der Waals surface area contributed by atoms with Gasteiger partial charge in [-0.15, -0.1) is 0 Å². The molecule has 1 unspecified atom stereocenters. The van der Waals surface area contributed by atoms with Crippen molar-refractivity contribution in [2.75, 3.05) is 25.1 Å². The molecule has 1 saturated heterocycles. The minimum Gasteiger partial charge on any atom is -0.436 e. The van der Waals surface area contributed by atoms with Crippen LogP contribution < -0.4 is 10.2 Å². The lowest BCUT2D eigenvalue weighted by molar-refractivity contribution is -0.206. The van der Waals surface area contributed by atoms with E-state index in [2.05, 4.69) is 15.0 Å². The van der Waals surface area contributed by atoms with Crippen molar-refractivity contribution in [3.8, 4) is 0 Å². The monoisotopic (exact) mass is 316 g/mol. The molecule has 2 aliphatic heterocycles. The van der Waals surface area contributed by atoms with Crippen molar-refractivity contribution < 1.29 is 27.4 Å². The van der Waals surface area contributed by atoms with E-state index < -0.39 is 18.4 Å². The van der Waals surface area contributed by atoms with Crippen LogP contribution in [0.25, 0.3) is 0 Å². The van der Waals surface area contributed by atoms with E-state index in [9.17, 15) is 18.0 Å². The number of nitrogens with one attached hydrogen (secondary N) is 1. The summed E-state index contributed by atoms with van der Waals surface area (Å²) in [5, 5.41) is 2.76. The number of anilines is 1. The van der Waals surface area contributed by atoms with Gasteiger partial charge in [-0.1, -0.05) is 6.07 Å². The molecule has 0 amide bonds. The smallest absolute Gasteiger partial charge is 0.436 e. The Hall–Kier alpha value is -1.80. The van der Waals surface area contributed by atoms with Crippen molar-refractivity contribution in [3.63, 3.8) is 0 Å². The molecule has 2 aliphatic rings. The van der Waals surface area contributed by atoms with Crippen LogP contribution in [0.4, 0.5) is 18.9 Å². The molecule has 2 heterocycles. The summed E-state index contributed by atoms with van der Waals surface area (Å²) in [6.07, 6.45) is -5.83. The van der Waals surface area contributed by atoms with Gasteiger partial charge in [0.1, 0.15) is 0 Å². The fraction of sp³-hybridized carbons (Fsp3) is 0.500. The number of hydrogen-bond acceptors (Lipinski definition) is 5. The molecule has 3 rings (SSSR count). The molecule has 1 atom stereocenters. The third-order valence-electron chi connectivity index (χ3n) is 3.89. The molecule has 22 heavy (non-hydrogen) atoms. The number of hydrogen-bond donors (Lipinski definition) is 1. The van der Waals surface area contributed by atoms with Crippen LogP contribution in [0.2, 0.25) is 0 Å². The summed E-state index contributed by atoms with van der Waals surface area (Å²) in [4.78, 5) is 13.0. The molecule has 120 valence electrons. The van der Waals surface area contributed by atoms with Gasteiger partial charge in [0.2, 0.25) is 0 Å². The molecule has 0 radical (unpaired) electrons. The maximum Gasteiger partial charge on any atom is 0.490 e. The summed E-state index contributed by atoms with van der Waals surface area (Å²) in [5.41, 5.74) is 2.38. The number of carbonyl (C=O) groups is 1. The zero-order valence-electron chi connectivity index (χ0n) is 11.8. The van der Waals surface area contributed by atoms with Gasteiger partial charge in [0.05, 0.1) is 6.10 Å². The molecule has 5 nitrogen and oxygen atoms in total. The molecule has 1 aromatic carbocycles. The fourth-order valence-electron chi connectivity index (χ4n) is 2.59. The van der Waals surface area contributed by atoms with Crippen molar-refractivity contribution >= 4 is 11.7 Å². The van der Waals surface area contributed by atoms with Crippen LogP contribution in [0.5, 0.6) is 0 Å². The first-order valence-electron chi connectivity index (χ1n) is 6.80. The van der Waals surface area contributed by atoms with Crippen LogP contribution in [0.1, 0.15) is 17.4 Å². The van der Waals surface area contributed by atoms with Crippen molar-refractivity contribution in [3.05, 3.63) is 29.3 Å². The lowest BCUT2D eigenvalue weighted by atomic mass is 10.1. The quantitative estimate of drug-likeness (QED) is 0.861. The van der Waals surface area contributed by atoms with Gasteiger partial charge in [-0.2, -0.15) is 13.2 Å². The van der Waals surface area contributed by atoms with Crippen LogP contribution in [0.15, 0.2) is 18.2 Å². The fourth-order valence-corrected chi connectivity index (χ4v) is 2.59. The van der Waals surface area contributed by atoms with Gasteiger partial charge >= 0.3 is 12.1 Å². The SMILES string of the molecule is COC1CN(c2ccc3c(c2)CNC3OC(=O)C(F)(F)F)C1.